The third-order valence-corrected chi connectivity index (χ3v) is 3.76. The van der Waals surface area contributed by atoms with E-state index in [1.54, 1.807) is 18.2 Å². The number of hydrogen-bond acceptors (Lipinski definition) is 3. The highest BCUT2D eigenvalue weighted by Gasteiger charge is 2.16. The normalized spacial score (nSPS) is 17.4. The summed E-state index contributed by atoms with van der Waals surface area (Å²) in [4.78, 5) is 0. The van der Waals surface area contributed by atoms with Crippen molar-refractivity contribution >= 4 is 17.4 Å². The Bertz CT molecular complexity index is 457. The lowest BCUT2D eigenvalue weighted by molar-refractivity contribution is 0.208. The molecule has 0 radical (unpaired) electrons. The number of nitrogens with two attached hydrogens (primary N) is 1. The third-order valence-electron chi connectivity index (χ3n) is 3.53. The maximum Gasteiger partial charge on any atom is 0.173 e. The van der Waals surface area contributed by atoms with Gasteiger partial charge in [0, 0.05) is 5.02 Å². The fourth-order valence-corrected chi connectivity index (χ4v) is 2.60. The highest BCUT2D eigenvalue weighted by molar-refractivity contribution is 6.30. The van der Waals surface area contributed by atoms with Gasteiger partial charge in [0.05, 0.1) is 12.2 Å². The molecule has 2 rings (SSSR count). The summed E-state index contributed by atoms with van der Waals surface area (Å²) < 4.78 is 5.82. The summed E-state index contributed by atoms with van der Waals surface area (Å²) in [5.41, 5.74) is 6.20. The minimum atomic E-state index is 0.0373. The molecular formula is C14H19ClN2O2. The molecule has 19 heavy (non-hydrogen) atoms. The quantitative estimate of drug-likeness (QED) is 0.385. The van der Waals surface area contributed by atoms with Gasteiger partial charge in [-0.2, -0.15) is 0 Å². The number of amidine groups is 1. The van der Waals surface area contributed by atoms with Crippen LogP contribution in [-0.2, 0) is 0 Å². The monoisotopic (exact) mass is 282 g/mol. The average Bonchev–Trinajstić information content (AvgIpc) is 2.45. The second kappa shape index (κ2) is 6.66. The summed E-state index contributed by atoms with van der Waals surface area (Å²) in [5, 5.41) is 12.4. The number of hydrogen-bond donors (Lipinski definition) is 2. The molecule has 1 fully saturated rings. The maximum absolute atomic E-state index is 8.77. The van der Waals surface area contributed by atoms with Crippen LogP contribution in [0.3, 0.4) is 0 Å². The standard InChI is InChI=1S/C14H19ClN2O2/c15-11-6-7-12(14(16)17-18)13(8-11)19-9-10-4-2-1-3-5-10/h6-8,10,18H,1-5,9H2,(H2,16,17). The number of benzene rings is 1. The molecule has 3 N–H and O–H groups in total. The van der Waals surface area contributed by atoms with Gasteiger partial charge in [-0.15, -0.1) is 0 Å². The maximum atomic E-state index is 8.77. The van der Waals surface area contributed by atoms with Crippen molar-refractivity contribution in [1.82, 2.24) is 0 Å². The van der Waals surface area contributed by atoms with Crippen molar-refractivity contribution in [2.75, 3.05) is 6.61 Å². The van der Waals surface area contributed by atoms with Gasteiger partial charge in [0.1, 0.15) is 5.75 Å². The van der Waals surface area contributed by atoms with Crippen molar-refractivity contribution in [2.24, 2.45) is 16.8 Å². The lowest BCUT2D eigenvalue weighted by Gasteiger charge is -2.22. The smallest absolute Gasteiger partial charge is 0.173 e. The Morgan fingerprint density at radius 2 is 2.11 bits per heavy atom. The number of oxime groups is 1. The van der Waals surface area contributed by atoms with Crippen LogP contribution < -0.4 is 10.5 Å². The molecule has 0 aliphatic heterocycles. The van der Waals surface area contributed by atoms with Crippen LogP contribution in [0, 0.1) is 5.92 Å². The zero-order valence-corrected chi connectivity index (χ0v) is 11.6. The molecule has 5 heteroatoms. The molecule has 1 saturated carbocycles. The van der Waals surface area contributed by atoms with Crippen molar-refractivity contribution in [3.63, 3.8) is 0 Å². The first-order valence-electron chi connectivity index (χ1n) is 6.61. The summed E-state index contributed by atoms with van der Waals surface area (Å²) in [6.07, 6.45) is 6.29. The topological polar surface area (TPSA) is 67.8 Å². The van der Waals surface area contributed by atoms with E-state index >= 15 is 0 Å². The van der Waals surface area contributed by atoms with Gasteiger partial charge in [0.15, 0.2) is 5.84 Å². The van der Waals surface area contributed by atoms with Gasteiger partial charge < -0.3 is 15.7 Å². The molecule has 0 spiro atoms. The lowest BCUT2D eigenvalue weighted by atomic mass is 9.90. The van der Waals surface area contributed by atoms with Gasteiger partial charge in [-0.05, 0) is 37.0 Å². The summed E-state index contributed by atoms with van der Waals surface area (Å²) in [6, 6.07) is 5.10. The first-order valence-corrected chi connectivity index (χ1v) is 6.98. The van der Waals surface area contributed by atoms with E-state index in [0.29, 0.717) is 28.9 Å². The highest BCUT2D eigenvalue weighted by atomic mass is 35.5. The van der Waals surface area contributed by atoms with E-state index in [1.165, 1.54) is 32.1 Å². The largest absolute Gasteiger partial charge is 0.492 e. The van der Waals surface area contributed by atoms with Gasteiger partial charge in [0.2, 0.25) is 0 Å². The molecule has 1 aromatic carbocycles. The van der Waals surface area contributed by atoms with E-state index in [2.05, 4.69) is 5.16 Å². The minimum Gasteiger partial charge on any atom is -0.492 e. The van der Waals surface area contributed by atoms with E-state index < -0.39 is 0 Å². The van der Waals surface area contributed by atoms with E-state index in [0.717, 1.165) is 0 Å². The van der Waals surface area contributed by atoms with E-state index in [9.17, 15) is 0 Å². The van der Waals surface area contributed by atoms with E-state index in [-0.39, 0.29) is 5.84 Å². The summed E-state index contributed by atoms with van der Waals surface area (Å²) in [5.74, 6) is 1.21. The highest BCUT2D eigenvalue weighted by Crippen LogP contribution is 2.27. The first-order chi connectivity index (χ1) is 9.20. The predicted molar refractivity (Wildman–Crippen MR) is 76.0 cm³/mol. The molecule has 4 nitrogen and oxygen atoms in total. The van der Waals surface area contributed by atoms with Crippen molar-refractivity contribution in [1.29, 1.82) is 0 Å². The van der Waals surface area contributed by atoms with E-state index in [1.807, 2.05) is 0 Å². The van der Waals surface area contributed by atoms with Crippen LogP contribution in [0.4, 0.5) is 0 Å². The van der Waals surface area contributed by atoms with Crippen LogP contribution in [0.1, 0.15) is 37.7 Å². The molecule has 104 valence electrons. The number of ether oxygens (including phenoxy) is 1. The third kappa shape index (κ3) is 3.77. The molecular weight excluding hydrogens is 264 g/mol. The SMILES string of the molecule is NC(=NO)c1ccc(Cl)cc1OCC1CCCCC1. The number of rotatable bonds is 4. The Balaban J connectivity index is 2.07. The number of nitrogens with zero attached hydrogens (tertiary/aromatic N) is 1. The molecule has 0 amide bonds. The Labute approximate surface area is 118 Å². The van der Waals surface area contributed by atoms with Gasteiger partial charge in [0.25, 0.3) is 0 Å². The molecule has 0 bridgehead atoms. The molecule has 0 atom stereocenters. The van der Waals surface area contributed by atoms with Crippen molar-refractivity contribution in [3.8, 4) is 5.75 Å². The van der Waals surface area contributed by atoms with Crippen LogP contribution in [0.5, 0.6) is 5.75 Å². The number of halogens is 1. The molecule has 0 aromatic heterocycles. The minimum absolute atomic E-state index is 0.0373. The van der Waals surface area contributed by atoms with Gasteiger partial charge >= 0.3 is 0 Å². The average molecular weight is 283 g/mol. The zero-order chi connectivity index (χ0) is 13.7. The van der Waals surface area contributed by atoms with Crippen molar-refractivity contribution in [3.05, 3.63) is 28.8 Å². The summed E-state index contributed by atoms with van der Waals surface area (Å²) >= 11 is 5.96. The molecule has 0 saturated heterocycles. The molecule has 0 heterocycles. The van der Waals surface area contributed by atoms with Gasteiger partial charge in [-0.1, -0.05) is 36.0 Å². The summed E-state index contributed by atoms with van der Waals surface area (Å²) in [7, 11) is 0. The van der Waals surface area contributed by atoms with Crippen LogP contribution in [0.25, 0.3) is 0 Å². The van der Waals surface area contributed by atoms with Crippen LogP contribution >= 0.6 is 11.6 Å². The Kier molecular flexibility index (Phi) is 4.91. The Hall–Kier alpha value is -1.42. The predicted octanol–water partition coefficient (Wildman–Crippen LogP) is 3.39. The lowest BCUT2D eigenvalue weighted by Crippen LogP contribution is -2.18. The van der Waals surface area contributed by atoms with Crippen molar-refractivity contribution < 1.29 is 9.94 Å². The Morgan fingerprint density at radius 1 is 1.37 bits per heavy atom. The first kappa shape index (κ1) is 14.0. The van der Waals surface area contributed by atoms with Gasteiger partial charge in [-0.3, -0.25) is 0 Å². The fraction of sp³-hybridized carbons (Fsp3) is 0.500. The van der Waals surface area contributed by atoms with E-state index in [4.69, 9.17) is 27.3 Å². The molecule has 1 aliphatic rings. The Morgan fingerprint density at radius 3 is 2.79 bits per heavy atom. The molecule has 1 aliphatic carbocycles. The van der Waals surface area contributed by atoms with Crippen LogP contribution in [0.15, 0.2) is 23.4 Å². The molecule has 0 unspecified atom stereocenters. The van der Waals surface area contributed by atoms with Crippen molar-refractivity contribution in [2.45, 2.75) is 32.1 Å². The summed E-state index contributed by atoms with van der Waals surface area (Å²) in [6.45, 7) is 0.659. The molecule has 1 aromatic rings. The fourth-order valence-electron chi connectivity index (χ4n) is 2.44. The van der Waals surface area contributed by atoms with Gasteiger partial charge in [-0.25, -0.2) is 0 Å². The van der Waals surface area contributed by atoms with Crippen LogP contribution in [-0.4, -0.2) is 17.6 Å². The second-order valence-electron chi connectivity index (χ2n) is 4.94. The van der Waals surface area contributed by atoms with Crippen LogP contribution in [0.2, 0.25) is 5.02 Å². The zero-order valence-electron chi connectivity index (χ0n) is 10.8. The second-order valence-corrected chi connectivity index (χ2v) is 5.38.